The molecule has 0 radical (unpaired) electrons. The highest BCUT2D eigenvalue weighted by Crippen LogP contribution is 2.40. The molecule has 1 saturated carbocycles. The molecule has 0 spiro atoms. The predicted molar refractivity (Wildman–Crippen MR) is 119 cm³/mol. The number of carboxylic acids is 1. The number of amides is 1. The van der Waals surface area contributed by atoms with Gasteiger partial charge in [-0.2, -0.15) is 0 Å². The molecule has 1 fully saturated rings. The van der Waals surface area contributed by atoms with E-state index in [0.717, 1.165) is 30.6 Å². The summed E-state index contributed by atoms with van der Waals surface area (Å²) in [6.45, 7) is 11.6. The van der Waals surface area contributed by atoms with Gasteiger partial charge in [0, 0.05) is 30.7 Å². The van der Waals surface area contributed by atoms with Gasteiger partial charge in [-0.25, -0.2) is 4.79 Å². The Balaban J connectivity index is 2.38. The number of aromatic carboxylic acids is 1. The largest absolute Gasteiger partial charge is 0.477 e. The zero-order chi connectivity index (χ0) is 22.0. The first kappa shape index (κ1) is 24.1. The number of carbonyl (C=O) groups is 2. The van der Waals surface area contributed by atoms with Crippen LogP contribution in [0, 0.1) is 11.8 Å². The molecule has 8 heteroatoms. The van der Waals surface area contributed by atoms with Crippen LogP contribution in [0.15, 0.2) is 6.07 Å². The summed E-state index contributed by atoms with van der Waals surface area (Å²) in [6, 6.07) is 1.83. The molecule has 1 aliphatic carbocycles. The van der Waals surface area contributed by atoms with E-state index < -0.39 is 13.3 Å². The van der Waals surface area contributed by atoms with Gasteiger partial charge in [-0.15, -0.1) is 11.3 Å². The van der Waals surface area contributed by atoms with Crippen molar-refractivity contribution in [2.75, 3.05) is 31.4 Å². The average molecular weight is 444 g/mol. The van der Waals surface area contributed by atoms with Gasteiger partial charge in [0.05, 0.1) is 12.3 Å². The average Bonchev–Trinajstić information content (AvgIpc) is 3.03. The quantitative estimate of drug-likeness (QED) is 0.566. The van der Waals surface area contributed by atoms with Crippen molar-refractivity contribution >= 4 is 36.3 Å². The Labute approximate surface area is 178 Å². The third-order valence-corrected chi connectivity index (χ3v) is 7.63. The van der Waals surface area contributed by atoms with Gasteiger partial charge in [0.25, 0.3) is 0 Å². The molecule has 0 bridgehead atoms. The van der Waals surface area contributed by atoms with Gasteiger partial charge in [-0.3, -0.25) is 9.36 Å². The molecule has 1 amide bonds. The Morgan fingerprint density at radius 2 is 1.83 bits per heavy atom. The minimum absolute atomic E-state index is 0.0525. The number of hydrogen-bond acceptors (Lipinski definition) is 5. The van der Waals surface area contributed by atoms with Crippen molar-refractivity contribution in [1.82, 2.24) is 0 Å². The maximum Gasteiger partial charge on any atom is 0.348 e. The van der Waals surface area contributed by atoms with Crippen LogP contribution in [-0.4, -0.2) is 43.5 Å². The van der Waals surface area contributed by atoms with Gasteiger partial charge in [-0.1, -0.05) is 27.7 Å². The molecule has 164 valence electrons. The molecule has 0 aromatic carbocycles. The first-order chi connectivity index (χ1) is 13.3. The summed E-state index contributed by atoms with van der Waals surface area (Å²) in [5, 5.41) is 9.77. The maximum atomic E-state index is 13.4. The molecule has 0 saturated heterocycles. The monoisotopic (exact) mass is 443 g/mol. The minimum atomic E-state index is -2.69. The number of anilines is 1. The highest BCUT2D eigenvalue weighted by molar-refractivity contribution is 7.57. The van der Waals surface area contributed by atoms with Crippen LogP contribution in [0.1, 0.15) is 67.9 Å². The van der Waals surface area contributed by atoms with Crippen LogP contribution in [0.25, 0.3) is 0 Å². The molecule has 1 heterocycles. The molecule has 1 aromatic rings. The molecule has 1 aromatic heterocycles. The van der Waals surface area contributed by atoms with Crippen LogP contribution in [0.4, 0.5) is 5.69 Å². The fourth-order valence-electron chi connectivity index (χ4n) is 3.53. The fourth-order valence-corrected chi connectivity index (χ4v) is 5.11. The topological polar surface area (TPSA) is 83.9 Å². The van der Waals surface area contributed by atoms with Crippen LogP contribution in [0.3, 0.4) is 0 Å². The predicted octanol–water partition coefficient (Wildman–Crippen LogP) is 5.46. The number of nitrogens with zero attached hydrogens (tertiary/aromatic N) is 1. The molecule has 1 N–H and O–H groups in total. The van der Waals surface area contributed by atoms with E-state index in [1.54, 1.807) is 4.90 Å². The molecule has 6 nitrogen and oxygen atoms in total. The number of rotatable bonds is 7. The number of carbonyl (C=O) groups excluding carboxylic acids is 1. The molecular weight excluding hydrogens is 409 g/mol. The second-order valence-corrected chi connectivity index (χ2v) is 13.2. The number of thiophene rings is 1. The standard InChI is InChI=1S/C21H34NO5PS/c1-14-7-9-15(10-8-14)19(23)22(11-12-27-28(5,6)26)16-13-17(21(2,3)4)29-18(16)20(24)25/h13-15H,7-12H2,1-6H3,(H,24,25)/t14-,15-. The van der Waals surface area contributed by atoms with Crippen molar-refractivity contribution in [2.45, 2.75) is 58.8 Å². The van der Waals surface area contributed by atoms with Crippen molar-refractivity contribution in [3.63, 3.8) is 0 Å². The molecule has 0 unspecified atom stereocenters. The first-order valence-electron chi connectivity index (χ1n) is 10.2. The lowest BCUT2D eigenvalue weighted by Crippen LogP contribution is -2.40. The van der Waals surface area contributed by atoms with Gasteiger partial charge in [0.15, 0.2) is 7.37 Å². The molecule has 0 atom stereocenters. The van der Waals surface area contributed by atoms with Crippen LogP contribution < -0.4 is 4.90 Å². The first-order valence-corrected chi connectivity index (χ1v) is 13.5. The summed E-state index contributed by atoms with van der Waals surface area (Å²) < 4.78 is 17.4. The third-order valence-electron chi connectivity index (χ3n) is 5.28. The molecule has 1 aliphatic rings. The van der Waals surface area contributed by atoms with E-state index in [1.165, 1.54) is 24.7 Å². The second kappa shape index (κ2) is 9.32. The normalized spacial score (nSPS) is 20.5. The molecule has 2 rings (SSSR count). The smallest absolute Gasteiger partial charge is 0.348 e. The van der Waals surface area contributed by atoms with E-state index in [-0.39, 0.29) is 35.3 Å². The van der Waals surface area contributed by atoms with E-state index >= 15 is 0 Å². The number of hydrogen-bond donors (Lipinski definition) is 1. The van der Waals surface area contributed by atoms with Gasteiger partial charge in [-0.05, 0) is 43.1 Å². The lowest BCUT2D eigenvalue weighted by atomic mass is 9.82. The molecule has 29 heavy (non-hydrogen) atoms. The van der Waals surface area contributed by atoms with E-state index in [0.29, 0.717) is 11.6 Å². The van der Waals surface area contributed by atoms with Crippen molar-refractivity contribution in [3.05, 3.63) is 15.8 Å². The fraction of sp³-hybridized carbons (Fsp3) is 0.714. The zero-order valence-electron chi connectivity index (χ0n) is 18.4. The van der Waals surface area contributed by atoms with Gasteiger partial charge >= 0.3 is 5.97 Å². The Morgan fingerprint density at radius 3 is 2.31 bits per heavy atom. The zero-order valence-corrected chi connectivity index (χ0v) is 20.1. The van der Waals surface area contributed by atoms with Crippen molar-refractivity contribution in [3.8, 4) is 0 Å². The van der Waals surface area contributed by atoms with Crippen LogP contribution in [0.2, 0.25) is 0 Å². The Kier molecular flexibility index (Phi) is 7.74. The van der Waals surface area contributed by atoms with E-state index in [9.17, 15) is 19.3 Å². The summed E-state index contributed by atoms with van der Waals surface area (Å²) >= 11 is 1.22. The Morgan fingerprint density at radius 1 is 1.24 bits per heavy atom. The van der Waals surface area contributed by atoms with Crippen LogP contribution in [0.5, 0.6) is 0 Å². The van der Waals surface area contributed by atoms with E-state index in [2.05, 4.69) is 6.92 Å². The van der Waals surface area contributed by atoms with Gasteiger partial charge in [0.2, 0.25) is 5.91 Å². The van der Waals surface area contributed by atoms with Crippen LogP contribution >= 0.6 is 18.7 Å². The van der Waals surface area contributed by atoms with Gasteiger partial charge in [0.1, 0.15) is 4.88 Å². The van der Waals surface area contributed by atoms with Gasteiger partial charge < -0.3 is 14.5 Å². The SMILES string of the molecule is CC(C)(C)c1cc(N(CCOP(C)(C)=O)C(=O)[C@H]2CC[C@H](C)CC2)c(C(=O)O)s1. The van der Waals surface area contributed by atoms with Crippen molar-refractivity contribution < 1.29 is 23.8 Å². The van der Waals surface area contributed by atoms with Crippen LogP contribution in [-0.2, 0) is 19.3 Å². The number of carboxylic acid groups (broad SMARTS) is 1. The lowest BCUT2D eigenvalue weighted by molar-refractivity contribution is -0.123. The van der Waals surface area contributed by atoms with E-state index in [1.807, 2.05) is 26.8 Å². The van der Waals surface area contributed by atoms with Crippen molar-refractivity contribution in [2.24, 2.45) is 11.8 Å². The molecular formula is C21H34NO5PS. The maximum absolute atomic E-state index is 13.4. The Bertz CT molecular complexity index is 783. The summed E-state index contributed by atoms with van der Waals surface area (Å²) in [6.07, 6.45) is 3.64. The summed E-state index contributed by atoms with van der Waals surface area (Å²) in [4.78, 5) is 28.0. The summed E-state index contributed by atoms with van der Waals surface area (Å²) in [5.74, 6) is -0.581. The highest BCUT2D eigenvalue weighted by atomic mass is 32.1. The summed E-state index contributed by atoms with van der Waals surface area (Å²) in [7, 11) is -2.69. The minimum Gasteiger partial charge on any atom is -0.477 e. The Hall–Kier alpha value is -1.17. The third kappa shape index (κ3) is 6.66. The van der Waals surface area contributed by atoms with E-state index in [4.69, 9.17) is 4.52 Å². The van der Waals surface area contributed by atoms with Crippen molar-refractivity contribution in [1.29, 1.82) is 0 Å². The second-order valence-electron chi connectivity index (χ2n) is 9.41. The highest BCUT2D eigenvalue weighted by Gasteiger charge is 2.33. The lowest BCUT2D eigenvalue weighted by Gasteiger charge is -2.31. The summed E-state index contributed by atoms with van der Waals surface area (Å²) in [5.41, 5.74) is 0.211. The molecule has 0 aliphatic heterocycles.